The van der Waals surface area contributed by atoms with Crippen LogP contribution in [0, 0.1) is 5.92 Å². The fraction of sp³-hybridized carbons (Fsp3) is 0.370. The van der Waals surface area contributed by atoms with Gasteiger partial charge < -0.3 is 19.7 Å². The Balaban J connectivity index is 1.80. The number of anilines is 1. The summed E-state index contributed by atoms with van der Waals surface area (Å²) in [4.78, 5) is 15.5. The van der Waals surface area contributed by atoms with Crippen molar-refractivity contribution in [3.8, 4) is 5.75 Å². The van der Waals surface area contributed by atoms with E-state index < -0.39 is 0 Å². The molecule has 1 N–H and O–H groups in total. The first kappa shape index (κ1) is 22.2. The molecule has 0 fully saturated rings. The minimum absolute atomic E-state index is 0.0292. The van der Waals surface area contributed by atoms with Gasteiger partial charge in [-0.05, 0) is 47.7 Å². The lowest BCUT2D eigenvalue weighted by Crippen LogP contribution is -2.44. The highest BCUT2D eigenvalue weighted by molar-refractivity contribution is 6.02. The van der Waals surface area contributed by atoms with Crippen LogP contribution < -0.4 is 10.1 Å². The third-order valence-electron chi connectivity index (χ3n) is 5.93. The van der Waals surface area contributed by atoms with E-state index >= 15 is 0 Å². The van der Waals surface area contributed by atoms with Crippen LogP contribution in [0.15, 0.2) is 60.7 Å². The number of hydrogen-bond acceptors (Lipinski definition) is 4. The first-order chi connectivity index (χ1) is 15.6. The Hall–Kier alpha value is -3.05. The number of ether oxygens (including phenoxy) is 2. The zero-order valence-electron chi connectivity index (χ0n) is 19.1. The van der Waals surface area contributed by atoms with Gasteiger partial charge in [-0.15, -0.1) is 0 Å². The molecule has 0 aromatic heterocycles. The van der Waals surface area contributed by atoms with Crippen LogP contribution in [0.25, 0.3) is 10.8 Å². The summed E-state index contributed by atoms with van der Waals surface area (Å²) in [5.41, 5.74) is 2.56. The topological polar surface area (TPSA) is 50.8 Å². The fourth-order valence-corrected chi connectivity index (χ4v) is 4.22. The standard InChI is InChI=1S/C27H32N2O3/c1-19(2)15-18-32-24-14-13-20-9-4-5-10-21(20)25(24)26-28-23-12-7-6-11-22(23)27(30)29(26)16-8-17-31-3/h4-7,9-14,19,26,28H,8,15-18H2,1-3H3. The lowest BCUT2D eigenvalue weighted by Gasteiger charge is -2.39. The molecule has 5 heteroatoms. The van der Waals surface area contributed by atoms with Crippen molar-refractivity contribution in [3.05, 3.63) is 71.8 Å². The van der Waals surface area contributed by atoms with E-state index in [1.54, 1.807) is 7.11 Å². The molecule has 0 saturated carbocycles. The summed E-state index contributed by atoms with van der Waals surface area (Å²) in [6, 6.07) is 20.1. The van der Waals surface area contributed by atoms with Gasteiger partial charge in [0.15, 0.2) is 0 Å². The smallest absolute Gasteiger partial charge is 0.257 e. The van der Waals surface area contributed by atoms with Gasteiger partial charge in [0.25, 0.3) is 5.91 Å². The van der Waals surface area contributed by atoms with Gasteiger partial charge in [-0.1, -0.05) is 56.3 Å². The van der Waals surface area contributed by atoms with Crippen molar-refractivity contribution < 1.29 is 14.3 Å². The quantitative estimate of drug-likeness (QED) is 0.430. The van der Waals surface area contributed by atoms with Crippen LogP contribution in [-0.4, -0.2) is 37.7 Å². The molecule has 0 spiro atoms. The Bertz CT molecular complexity index is 1080. The van der Waals surface area contributed by atoms with Crippen LogP contribution in [-0.2, 0) is 4.74 Å². The second-order valence-electron chi connectivity index (χ2n) is 8.67. The van der Waals surface area contributed by atoms with E-state index in [9.17, 15) is 4.79 Å². The first-order valence-electron chi connectivity index (χ1n) is 11.4. The molecule has 0 radical (unpaired) electrons. The number of nitrogens with zero attached hydrogens (tertiary/aromatic N) is 1. The number of amides is 1. The molecule has 32 heavy (non-hydrogen) atoms. The molecular weight excluding hydrogens is 400 g/mol. The molecular formula is C27H32N2O3. The summed E-state index contributed by atoms with van der Waals surface area (Å²) in [6.45, 7) is 6.23. The molecule has 0 saturated heterocycles. The summed E-state index contributed by atoms with van der Waals surface area (Å²) in [5.74, 6) is 1.41. The third-order valence-corrected chi connectivity index (χ3v) is 5.93. The number of carbonyl (C=O) groups excluding carboxylic acids is 1. The predicted octanol–water partition coefficient (Wildman–Crippen LogP) is 5.87. The van der Waals surface area contributed by atoms with E-state index in [0.717, 1.165) is 40.6 Å². The van der Waals surface area contributed by atoms with Gasteiger partial charge >= 0.3 is 0 Å². The van der Waals surface area contributed by atoms with Crippen LogP contribution in [0.2, 0.25) is 0 Å². The van der Waals surface area contributed by atoms with Crippen LogP contribution in [0.3, 0.4) is 0 Å². The van der Waals surface area contributed by atoms with Gasteiger partial charge in [0.2, 0.25) is 0 Å². The van der Waals surface area contributed by atoms with Crippen LogP contribution >= 0.6 is 0 Å². The Morgan fingerprint density at radius 1 is 1.00 bits per heavy atom. The zero-order chi connectivity index (χ0) is 22.5. The average molecular weight is 433 g/mol. The number of rotatable bonds is 9. The molecule has 1 aliphatic heterocycles. The maximum Gasteiger partial charge on any atom is 0.257 e. The number of methoxy groups -OCH3 is 1. The highest BCUT2D eigenvalue weighted by atomic mass is 16.5. The van der Waals surface area contributed by atoms with Gasteiger partial charge in [0.1, 0.15) is 11.9 Å². The fourth-order valence-electron chi connectivity index (χ4n) is 4.22. The summed E-state index contributed by atoms with van der Waals surface area (Å²) in [5, 5.41) is 5.86. The number of fused-ring (bicyclic) bond motifs is 2. The van der Waals surface area contributed by atoms with Crippen molar-refractivity contribution in [2.75, 3.05) is 32.2 Å². The zero-order valence-corrected chi connectivity index (χ0v) is 19.1. The molecule has 0 aliphatic carbocycles. The normalized spacial score (nSPS) is 15.7. The molecule has 3 aromatic carbocycles. The van der Waals surface area contributed by atoms with E-state index in [1.807, 2.05) is 47.4 Å². The Morgan fingerprint density at radius 3 is 2.59 bits per heavy atom. The van der Waals surface area contributed by atoms with Gasteiger partial charge in [0.05, 0.1) is 12.2 Å². The van der Waals surface area contributed by atoms with Crippen LogP contribution in [0.5, 0.6) is 5.75 Å². The Kier molecular flexibility index (Phi) is 6.96. The maximum atomic E-state index is 13.5. The number of hydrogen-bond donors (Lipinski definition) is 1. The van der Waals surface area contributed by atoms with Crippen molar-refractivity contribution in [2.45, 2.75) is 32.9 Å². The molecule has 1 aliphatic rings. The van der Waals surface area contributed by atoms with E-state index in [-0.39, 0.29) is 12.1 Å². The lowest BCUT2D eigenvalue weighted by molar-refractivity contribution is 0.0659. The largest absolute Gasteiger partial charge is 0.493 e. The second kappa shape index (κ2) is 10.0. The molecule has 5 nitrogen and oxygen atoms in total. The lowest BCUT2D eigenvalue weighted by atomic mass is 9.97. The number of carbonyl (C=O) groups is 1. The summed E-state index contributed by atoms with van der Waals surface area (Å²) in [6.07, 6.45) is 1.41. The van der Waals surface area contributed by atoms with Gasteiger partial charge in [0, 0.05) is 31.5 Å². The molecule has 1 unspecified atom stereocenters. The predicted molar refractivity (Wildman–Crippen MR) is 129 cm³/mol. The van der Waals surface area contributed by atoms with Crippen molar-refractivity contribution in [2.24, 2.45) is 5.92 Å². The minimum atomic E-state index is -0.325. The first-order valence-corrected chi connectivity index (χ1v) is 11.4. The van der Waals surface area contributed by atoms with Crippen molar-refractivity contribution in [1.82, 2.24) is 4.90 Å². The molecule has 3 aromatic rings. The van der Waals surface area contributed by atoms with Crippen LogP contribution in [0.1, 0.15) is 48.8 Å². The summed E-state index contributed by atoms with van der Waals surface area (Å²) < 4.78 is 11.6. The van der Waals surface area contributed by atoms with Gasteiger partial charge in [-0.2, -0.15) is 0 Å². The van der Waals surface area contributed by atoms with Crippen LogP contribution in [0.4, 0.5) is 5.69 Å². The van der Waals surface area contributed by atoms with Gasteiger partial charge in [-0.25, -0.2) is 0 Å². The highest BCUT2D eigenvalue weighted by Gasteiger charge is 2.35. The van der Waals surface area contributed by atoms with Crippen molar-refractivity contribution in [1.29, 1.82) is 0 Å². The minimum Gasteiger partial charge on any atom is -0.493 e. The molecule has 1 heterocycles. The van der Waals surface area contributed by atoms with E-state index in [0.29, 0.717) is 31.2 Å². The number of nitrogens with one attached hydrogen (secondary N) is 1. The summed E-state index contributed by atoms with van der Waals surface area (Å²) in [7, 11) is 1.69. The van der Waals surface area contributed by atoms with E-state index in [2.05, 4.69) is 37.4 Å². The Labute approximate surface area is 190 Å². The molecule has 0 bridgehead atoms. The second-order valence-corrected chi connectivity index (χ2v) is 8.67. The average Bonchev–Trinajstić information content (AvgIpc) is 2.80. The summed E-state index contributed by atoms with van der Waals surface area (Å²) >= 11 is 0. The van der Waals surface area contributed by atoms with Crippen molar-refractivity contribution >= 4 is 22.4 Å². The van der Waals surface area contributed by atoms with Crippen molar-refractivity contribution in [3.63, 3.8) is 0 Å². The SMILES string of the molecule is COCCCN1C(=O)c2ccccc2NC1c1c(OCCC(C)C)ccc2ccccc12. The molecule has 1 atom stereocenters. The molecule has 1 amide bonds. The number of benzene rings is 3. The highest BCUT2D eigenvalue weighted by Crippen LogP contribution is 2.40. The molecule has 168 valence electrons. The number of para-hydroxylation sites is 1. The third kappa shape index (κ3) is 4.58. The maximum absolute atomic E-state index is 13.5. The van der Waals surface area contributed by atoms with E-state index in [1.165, 1.54) is 0 Å². The molecule has 4 rings (SSSR count). The van der Waals surface area contributed by atoms with Gasteiger partial charge in [-0.3, -0.25) is 4.79 Å². The Morgan fingerprint density at radius 2 is 1.78 bits per heavy atom. The van der Waals surface area contributed by atoms with E-state index in [4.69, 9.17) is 9.47 Å². The monoisotopic (exact) mass is 432 g/mol.